The Bertz CT molecular complexity index is 178. The van der Waals surface area contributed by atoms with E-state index < -0.39 is 0 Å². The van der Waals surface area contributed by atoms with E-state index in [1.54, 1.807) is 0 Å². The van der Waals surface area contributed by atoms with E-state index in [2.05, 4.69) is 43.6 Å². The van der Waals surface area contributed by atoms with Crippen molar-refractivity contribution in [1.82, 2.24) is 4.90 Å². The molecule has 0 spiro atoms. The van der Waals surface area contributed by atoms with Crippen LogP contribution in [0.4, 0.5) is 0 Å². The van der Waals surface area contributed by atoms with Crippen LogP contribution in [0.1, 0.15) is 34.1 Å². The van der Waals surface area contributed by atoms with Gasteiger partial charge in [-0.3, -0.25) is 4.79 Å². The summed E-state index contributed by atoms with van der Waals surface area (Å²) in [5, 5.41) is 0.806. The standard InChI is InChI=1S/C10H20BrNO/c1-8(2)6-9(13)12(5)10(3,4)7-11/h8H,6-7H2,1-5H3. The normalized spacial score (nSPS) is 11.9. The first-order valence-electron chi connectivity index (χ1n) is 4.64. The zero-order valence-corrected chi connectivity index (χ0v) is 10.8. The number of hydrogen-bond donors (Lipinski definition) is 0. The van der Waals surface area contributed by atoms with Gasteiger partial charge in [-0.2, -0.15) is 0 Å². The van der Waals surface area contributed by atoms with Gasteiger partial charge in [0.05, 0.1) is 0 Å². The van der Waals surface area contributed by atoms with Gasteiger partial charge in [0.1, 0.15) is 0 Å². The number of amides is 1. The van der Waals surface area contributed by atoms with Gasteiger partial charge in [0, 0.05) is 24.3 Å². The van der Waals surface area contributed by atoms with Gasteiger partial charge in [0.15, 0.2) is 0 Å². The second-order valence-corrected chi connectivity index (χ2v) is 5.06. The number of rotatable bonds is 4. The van der Waals surface area contributed by atoms with Gasteiger partial charge in [0.2, 0.25) is 5.91 Å². The highest BCUT2D eigenvalue weighted by atomic mass is 79.9. The number of halogens is 1. The zero-order valence-electron chi connectivity index (χ0n) is 9.22. The molecule has 0 rings (SSSR count). The Morgan fingerprint density at radius 2 is 1.92 bits per heavy atom. The van der Waals surface area contributed by atoms with Gasteiger partial charge < -0.3 is 4.90 Å². The van der Waals surface area contributed by atoms with E-state index >= 15 is 0 Å². The Balaban J connectivity index is 4.25. The van der Waals surface area contributed by atoms with E-state index in [1.807, 2.05) is 11.9 Å². The minimum atomic E-state index is -0.0913. The lowest BCUT2D eigenvalue weighted by molar-refractivity contribution is -0.134. The fourth-order valence-corrected chi connectivity index (χ4v) is 1.29. The molecule has 0 aromatic heterocycles. The number of hydrogen-bond acceptors (Lipinski definition) is 1. The average molecular weight is 250 g/mol. The first kappa shape index (κ1) is 12.9. The number of carbonyl (C=O) groups is 1. The van der Waals surface area contributed by atoms with Crippen LogP contribution in [0.2, 0.25) is 0 Å². The second-order valence-electron chi connectivity index (χ2n) is 4.50. The lowest BCUT2D eigenvalue weighted by Crippen LogP contribution is -2.46. The van der Waals surface area contributed by atoms with E-state index in [4.69, 9.17) is 0 Å². The topological polar surface area (TPSA) is 20.3 Å². The molecule has 0 unspecified atom stereocenters. The summed E-state index contributed by atoms with van der Waals surface area (Å²) in [5.74, 6) is 0.653. The van der Waals surface area contributed by atoms with Gasteiger partial charge in [0.25, 0.3) is 0 Å². The molecule has 78 valence electrons. The first-order chi connectivity index (χ1) is 5.81. The Hall–Kier alpha value is -0.0500. The van der Waals surface area contributed by atoms with Crippen LogP contribution in [0.5, 0.6) is 0 Å². The summed E-state index contributed by atoms with van der Waals surface area (Å²) >= 11 is 3.41. The van der Waals surface area contributed by atoms with Gasteiger partial charge in [-0.25, -0.2) is 0 Å². The Kier molecular flexibility index (Phi) is 4.97. The molecule has 13 heavy (non-hydrogen) atoms. The minimum Gasteiger partial charge on any atom is -0.340 e. The predicted molar refractivity (Wildman–Crippen MR) is 60.1 cm³/mol. The van der Waals surface area contributed by atoms with Gasteiger partial charge >= 0.3 is 0 Å². The summed E-state index contributed by atoms with van der Waals surface area (Å²) in [7, 11) is 1.87. The van der Waals surface area contributed by atoms with E-state index in [-0.39, 0.29) is 11.4 Å². The second kappa shape index (κ2) is 4.99. The minimum absolute atomic E-state index is 0.0913. The molecule has 0 atom stereocenters. The summed E-state index contributed by atoms with van der Waals surface area (Å²) in [6, 6.07) is 0. The molecule has 0 radical (unpaired) electrons. The van der Waals surface area contributed by atoms with Crippen molar-refractivity contribution >= 4 is 21.8 Å². The summed E-state index contributed by atoms with van der Waals surface area (Å²) in [6.45, 7) is 8.24. The zero-order chi connectivity index (χ0) is 10.6. The van der Waals surface area contributed by atoms with Crippen LogP contribution >= 0.6 is 15.9 Å². The largest absolute Gasteiger partial charge is 0.340 e. The molecule has 2 nitrogen and oxygen atoms in total. The Labute approximate surface area is 89.8 Å². The Morgan fingerprint density at radius 3 is 2.23 bits per heavy atom. The quantitative estimate of drug-likeness (QED) is 0.702. The molecular weight excluding hydrogens is 230 g/mol. The summed E-state index contributed by atoms with van der Waals surface area (Å²) in [6.07, 6.45) is 0.632. The van der Waals surface area contributed by atoms with E-state index in [1.165, 1.54) is 0 Å². The molecule has 0 saturated carbocycles. The van der Waals surface area contributed by atoms with Crippen LogP contribution in [0.25, 0.3) is 0 Å². The number of nitrogens with zero attached hydrogens (tertiary/aromatic N) is 1. The first-order valence-corrected chi connectivity index (χ1v) is 5.76. The maximum Gasteiger partial charge on any atom is 0.223 e. The summed E-state index contributed by atoms with van der Waals surface area (Å²) in [5.41, 5.74) is -0.0913. The average Bonchev–Trinajstić information content (AvgIpc) is 2.01. The third-order valence-corrected chi connectivity index (χ3v) is 3.56. The van der Waals surface area contributed by atoms with Crippen LogP contribution < -0.4 is 0 Å². The van der Waals surface area contributed by atoms with Crippen LogP contribution in [-0.4, -0.2) is 28.7 Å². The highest BCUT2D eigenvalue weighted by Gasteiger charge is 2.26. The van der Waals surface area contributed by atoms with Gasteiger partial charge in [-0.05, 0) is 19.8 Å². The van der Waals surface area contributed by atoms with Crippen molar-refractivity contribution in [3.8, 4) is 0 Å². The fourth-order valence-electron chi connectivity index (χ4n) is 0.913. The Morgan fingerprint density at radius 1 is 1.46 bits per heavy atom. The van der Waals surface area contributed by atoms with E-state index in [0.29, 0.717) is 12.3 Å². The third-order valence-electron chi connectivity index (χ3n) is 2.19. The molecule has 0 aromatic rings. The molecule has 0 bridgehead atoms. The molecule has 0 aromatic carbocycles. The molecule has 3 heteroatoms. The molecule has 0 fully saturated rings. The molecule has 0 saturated heterocycles. The molecule has 0 aliphatic rings. The summed E-state index contributed by atoms with van der Waals surface area (Å²) < 4.78 is 0. The predicted octanol–water partition coefficient (Wildman–Crippen LogP) is 2.66. The monoisotopic (exact) mass is 249 g/mol. The summed E-state index contributed by atoms with van der Waals surface area (Å²) in [4.78, 5) is 13.5. The van der Waals surface area contributed by atoms with E-state index in [9.17, 15) is 4.79 Å². The molecular formula is C10H20BrNO. The fraction of sp³-hybridized carbons (Fsp3) is 0.900. The van der Waals surface area contributed by atoms with Gasteiger partial charge in [-0.15, -0.1) is 0 Å². The maximum atomic E-state index is 11.7. The van der Waals surface area contributed by atoms with Crippen LogP contribution in [0.3, 0.4) is 0 Å². The number of carbonyl (C=O) groups excluding carboxylic acids is 1. The molecule has 0 aliphatic carbocycles. The van der Waals surface area contributed by atoms with Crippen molar-refractivity contribution in [3.05, 3.63) is 0 Å². The van der Waals surface area contributed by atoms with Crippen molar-refractivity contribution in [2.75, 3.05) is 12.4 Å². The SMILES string of the molecule is CC(C)CC(=O)N(C)C(C)(C)CBr. The van der Waals surface area contributed by atoms with E-state index in [0.717, 1.165) is 5.33 Å². The maximum absolute atomic E-state index is 11.7. The van der Waals surface area contributed by atoms with Crippen molar-refractivity contribution in [2.45, 2.75) is 39.7 Å². The molecule has 0 heterocycles. The lowest BCUT2D eigenvalue weighted by atomic mass is 10.0. The van der Waals surface area contributed by atoms with Crippen LogP contribution in [0, 0.1) is 5.92 Å². The van der Waals surface area contributed by atoms with Crippen molar-refractivity contribution in [2.24, 2.45) is 5.92 Å². The highest BCUT2D eigenvalue weighted by Crippen LogP contribution is 2.17. The van der Waals surface area contributed by atoms with Crippen LogP contribution in [0.15, 0.2) is 0 Å². The lowest BCUT2D eigenvalue weighted by Gasteiger charge is -2.34. The molecule has 0 N–H and O–H groups in total. The highest BCUT2D eigenvalue weighted by molar-refractivity contribution is 9.09. The van der Waals surface area contributed by atoms with Crippen molar-refractivity contribution in [3.63, 3.8) is 0 Å². The molecule has 0 aliphatic heterocycles. The van der Waals surface area contributed by atoms with Gasteiger partial charge in [-0.1, -0.05) is 29.8 Å². The van der Waals surface area contributed by atoms with Crippen LogP contribution in [-0.2, 0) is 4.79 Å². The number of alkyl halides is 1. The molecule has 1 amide bonds. The smallest absolute Gasteiger partial charge is 0.223 e. The van der Waals surface area contributed by atoms with Crippen molar-refractivity contribution < 1.29 is 4.79 Å². The third kappa shape index (κ3) is 4.12. The van der Waals surface area contributed by atoms with Crippen molar-refractivity contribution in [1.29, 1.82) is 0 Å².